The van der Waals surface area contributed by atoms with Gasteiger partial charge in [0.2, 0.25) is 5.91 Å². The van der Waals surface area contributed by atoms with Gasteiger partial charge >= 0.3 is 6.09 Å². The van der Waals surface area contributed by atoms with E-state index in [1.165, 1.54) is 4.68 Å². The Morgan fingerprint density at radius 1 is 1.24 bits per heavy atom. The van der Waals surface area contributed by atoms with Gasteiger partial charge in [-0.3, -0.25) is 4.79 Å². The van der Waals surface area contributed by atoms with Crippen LogP contribution in [0.4, 0.5) is 10.6 Å². The number of amides is 1. The first-order chi connectivity index (χ1) is 15.6. The topological polar surface area (TPSA) is 91.0 Å². The number of aromatic nitrogens is 4. The van der Waals surface area contributed by atoms with Crippen LogP contribution in [0.15, 0.2) is 49.3 Å². The summed E-state index contributed by atoms with van der Waals surface area (Å²) < 4.78 is 8.46. The summed E-state index contributed by atoms with van der Waals surface area (Å²) in [5, 5.41) is 11.5. The lowest BCUT2D eigenvalue weighted by Gasteiger charge is -2.19. The van der Waals surface area contributed by atoms with Gasteiger partial charge < -0.3 is 10.1 Å². The molecule has 0 bridgehead atoms. The Labute approximate surface area is 193 Å². The van der Waals surface area contributed by atoms with E-state index in [-0.39, 0.29) is 18.2 Å². The molecule has 1 aliphatic carbocycles. The standard InChI is InChI=1S/C25H29N5O3/c1-16(2)19-7-6-8-20(12-19)29-15-17(14-26-29)11-23(31)27-22-13-21(18-9-10-18)30(28-22)24(32)33-25(3,4)5/h6-8,12-15,18H,1,9-11H2,2-5H3,(H,27,28,31). The van der Waals surface area contributed by atoms with E-state index in [1.807, 2.05) is 58.2 Å². The molecule has 1 saturated carbocycles. The van der Waals surface area contributed by atoms with E-state index in [0.29, 0.717) is 5.82 Å². The zero-order valence-corrected chi connectivity index (χ0v) is 19.5. The molecule has 3 aromatic rings. The highest BCUT2D eigenvalue weighted by Gasteiger charge is 2.32. The van der Waals surface area contributed by atoms with Gasteiger partial charge in [0.25, 0.3) is 0 Å². The maximum Gasteiger partial charge on any atom is 0.435 e. The SMILES string of the molecule is C=C(C)c1cccc(-n2cc(CC(=O)Nc3cc(C4CC4)n(C(=O)OC(C)(C)C)n3)cn2)c1. The van der Waals surface area contributed by atoms with Gasteiger partial charge in [-0.15, -0.1) is 5.10 Å². The summed E-state index contributed by atoms with van der Waals surface area (Å²) in [5.41, 5.74) is 3.81. The Morgan fingerprint density at radius 3 is 2.67 bits per heavy atom. The summed E-state index contributed by atoms with van der Waals surface area (Å²) in [4.78, 5) is 25.2. The normalized spacial score (nSPS) is 13.6. The van der Waals surface area contributed by atoms with Crippen molar-refractivity contribution in [2.75, 3.05) is 5.32 Å². The molecule has 0 aliphatic heterocycles. The van der Waals surface area contributed by atoms with Crippen molar-refractivity contribution in [2.24, 2.45) is 0 Å². The highest BCUT2D eigenvalue weighted by atomic mass is 16.6. The average Bonchev–Trinajstić information content (AvgIpc) is 3.33. The summed E-state index contributed by atoms with van der Waals surface area (Å²) in [6.45, 7) is 11.4. The largest absolute Gasteiger partial charge is 0.442 e. The molecule has 0 spiro atoms. The van der Waals surface area contributed by atoms with Crippen LogP contribution < -0.4 is 5.32 Å². The van der Waals surface area contributed by atoms with Gasteiger partial charge in [-0.2, -0.15) is 9.78 Å². The number of carbonyl (C=O) groups is 2. The summed E-state index contributed by atoms with van der Waals surface area (Å²) in [5.74, 6) is 0.375. The van der Waals surface area contributed by atoms with Crippen LogP contribution >= 0.6 is 0 Å². The smallest absolute Gasteiger partial charge is 0.435 e. The molecular weight excluding hydrogens is 418 g/mol. The van der Waals surface area contributed by atoms with Crippen LogP contribution in [0.1, 0.15) is 63.3 Å². The van der Waals surface area contributed by atoms with Gasteiger partial charge in [-0.05, 0) is 63.8 Å². The van der Waals surface area contributed by atoms with Crippen molar-refractivity contribution in [3.8, 4) is 5.69 Å². The lowest BCUT2D eigenvalue weighted by molar-refractivity contribution is -0.115. The Kier molecular flexibility index (Phi) is 5.93. The fourth-order valence-corrected chi connectivity index (χ4v) is 3.46. The Hall–Kier alpha value is -3.68. The van der Waals surface area contributed by atoms with Crippen molar-refractivity contribution in [3.05, 3.63) is 66.1 Å². The van der Waals surface area contributed by atoms with Crippen molar-refractivity contribution in [1.29, 1.82) is 0 Å². The quantitative estimate of drug-likeness (QED) is 0.578. The van der Waals surface area contributed by atoms with Crippen molar-refractivity contribution < 1.29 is 14.3 Å². The molecule has 0 saturated heterocycles. The van der Waals surface area contributed by atoms with Gasteiger partial charge in [0.05, 0.1) is 24.0 Å². The van der Waals surface area contributed by atoms with Gasteiger partial charge in [-0.1, -0.05) is 24.3 Å². The lowest BCUT2D eigenvalue weighted by atomic mass is 10.1. The highest BCUT2D eigenvalue weighted by Crippen LogP contribution is 2.41. The first-order valence-electron chi connectivity index (χ1n) is 11.0. The molecule has 1 N–H and O–H groups in total. The van der Waals surface area contributed by atoms with Crippen LogP contribution in [-0.4, -0.2) is 37.2 Å². The van der Waals surface area contributed by atoms with E-state index in [1.54, 1.807) is 16.9 Å². The number of rotatable bonds is 6. The van der Waals surface area contributed by atoms with Crippen LogP contribution in [0.25, 0.3) is 11.3 Å². The van der Waals surface area contributed by atoms with Crippen LogP contribution in [0.5, 0.6) is 0 Å². The zero-order chi connectivity index (χ0) is 23.8. The van der Waals surface area contributed by atoms with Crippen LogP contribution in [0.3, 0.4) is 0 Å². The van der Waals surface area contributed by atoms with Gasteiger partial charge in [0.1, 0.15) is 5.60 Å². The minimum absolute atomic E-state index is 0.137. The molecule has 1 fully saturated rings. The number of allylic oxidation sites excluding steroid dienone is 1. The number of benzene rings is 1. The van der Waals surface area contributed by atoms with E-state index in [4.69, 9.17) is 4.74 Å². The zero-order valence-electron chi connectivity index (χ0n) is 19.5. The van der Waals surface area contributed by atoms with Gasteiger partial charge in [-0.25, -0.2) is 9.48 Å². The van der Waals surface area contributed by atoms with E-state index in [9.17, 15) is 9.59 Å². The molecule has 0 atom stereocenters. The highest BCUT2D eigenvalue weighted by molar-refractivity contribution is 5.91. The third kappa shape index (κ3) is 5.58. The molecule has 2 heterocycles. The second kappa shape index (κ2) is 8.69. The summed E-state index contributed by atoms with van der Waals surface area (Å²) >= 11 is 0. The molecule has 4 rings (SSSR count). The van der Waals surface area contributed by atoms with Crippen molar-refractivity contribution in [2.45, 2.75) is 58.5 Å². The van der Waals surface area contributed by atoms with E-state index in [0.717, 1.165) is 40.9 Å². The average molecular weight is 448 g/mol. The third-order valence-corrected chi connectivity index (χ3v) is 5.17. The fourth-order valence-electron chi connectivity index (χ4n) is 3.46. The van der Waals surface area contributed by atoms with E-state index in [2.05, 4.69) is 22.1 Å². The third-order valence-electron chi connectivity index (χ3n) is 5.17. The van der Waals surface area contributed by atoms with Gasteiger partial charge in [0.15, 0.2) is 5.82 Å². The van der Waals surface area contributed by atoms with Crippen molar-refractivity contribution in [3.63, 3.8) is 0 Å². The molecule has 1 aromatic carbocycles. The van der Waals surface area contributed by atoms with Crippen molar-refractivity contribution >= 4 is 23.4 Å². The molecule has 8 heteroatoms. The number of anilines is 1. The van der Waals surface area contributed by atoms with Gasteiger partial charge in [0, 0.05) is 18.2 Å². The lowest BCUT2D eigenvalue weighted by Crippen LogP contribution is -2.28. The molecule has 172 valence electrons. The summed E-state index contributed by atoms with van der Waals surface area (Å²) in [6.07, 6.45) is 5.08. The number of ether oxygens (including phenoxy) is 1. The Balaban J connectivity index is 1.44. The number of hydrogen-bond donors (Lipinski definition) is 1. The molecule has 2 aromatic heterocycles. The second-order valence-electron chi connectivity index (χ2n) is 9.47. The number of carbonyl (C=O) groups excluding carboxylic acids is 2. The minimum Gasteiger partial charge on any atom is -0.442 e. The first-order valence-corrected chi connectivity index (χ1v) is 11.0. The molecule has 33 heavy (non-hydrogen) atoms. The monoisotopic (exact) mass is 447 g/mol. The molecule has 1 amide bonds. The molecule has 1 aliphatic rings. The molecular formula is C25H29N5O3. The summed E-state index contributed by atoms with van der Waals surface area (Å²) in [6, 6.07) is 9.65. The van der Waals surface area contributed by atoms with Crippen molar-refractivity contribution in [1.82, 2.24) is 19.6 Å². The van der Waals surface area contributed by atoms with Crippen LogP contribution in [-0.2, 0) is 16.0 Å². The number of nitrogens with zero attached hydrogens (tertiary/aromatic N) is 4. The maximum absolute atomic E-state index is 12.7. The number of hydrogen-bond acceptors (Lipinski definition) is 5. The molecule has 0 unspecified atom stereocenters. The Morgan fingerprint density at radius 2 is 2.00 bits per heavy atom. The first kappa shape index (κ1) is 22.5. The maximum atomic E-state index is 12.7. The fraction of sp³-hybridized carbons (Fsp3) is 0.360. The number of nitrogens with one attached hydrogen (secondary N) is 1. The van der Waals surface area contributed by atoms with Crippen LogP contribution in [0, 0.1) is 0 Å². The van der Waals surface area contributed by atoms with Crippen LogP contribution in [0.2, 0.25) is 0 Å². The van der Waals surface area contributed by atoms with E-state index < -0.39 is 11.7 Å². The predicted molar refractivity (Wildman–Crippen MR) is 126 cm³/mol. The van der Waals surface area contributed by atoms with E-state index >= 15 is 0 Å². The molecule has 0 radical (unpaired) electrons. The minimum atomic E-state index is -0.628. The predicted octanol–water partition coefficient (Wildman–Crippen LogP) is 4.94. The second-order valence-corrected chi connectivity index (χ2v) is 9.47. The Bertz CT molecular complexity index is 1210. The summed E-state index contributed by atoms with van der Waals surface area (Å²) in [7, 11) is 0. The molecule has 8 nitrogen and oxygen atoms in total.